The van der Waals surface area contributed by atoms with Crippen LogP contribution in [0.15, 0.2) is 18.5 Å². The van der Waals surface area contributed by atoms with Gasteiger partial charge in [0.1, 0.15) is 5.82 Å². The van der Waals surface area contributed by atoms with E-state index in [0.29, 0.717) is 11.3 Å². The summed E-state index contributed by atoms with van der Waals surface area (Å²) in [6, 6.07) is 1.41. The van der Waals surface area contributed by atoms with Crippen LogP contribution in [0.3, 0.4) is 0 Å². The summed E-state index contributed by atoms with van der Waals surface area (Å²) >= 11 is 0. The molecular weight excluding hydrogens is 254 g/mol. The Balaban J connectivity index is 2.33. The lowest BCUT2D eigenvalue weighted by molar-refractivity contribution is -0.0494. The Kier molecular flexibility index (Phi) is 3.64. The Morgan fingerprint density at radius 2 is 2.00 bits per heavy atom. The summed E-state index contributed by atoms with van der Waals surface area (Å²) < 4.78 is 28.7. The molecule has 0 spiro atoms. The minimum atomic E-state index is -2.94. The summed E-state index contributed by atoms with van der Waals surface area (Å²) in [6.07, 6.45) is 3.10. The maximum Gasteiger partial charge on any atom is 0.387 e. The fourth-order valence-corrected chi connectivity index (χ4v) is 1.57. The van der Waals surface area contributed by atoms with Crippen molar-refractivity contribution in [2.45, 2.75) is 26.4 Å². The fourth-order valence-electron chi connectivity index (χ4n) is 1.57. The van der Waals surface area contributed by atoms with Crippen molar-refractivity contribution in [3.8, 4) is 17.0 Å². The number of anilines is 1. The van der Waals surface area contributed by atoms with Gasteiger partial charge in [-0.25, -0.2) is 9.97 Å². The molecule has 2 rings (SSSR count). The van der Waals surface area contributed by atoms with Crippen molar-refractivity contribution in [3.05, 3.63) is 24.3 Å². The average molecular weight is 268 g/mol. The Hall–Kier alpha value is -2.18. The Labute approximate surface area is 108 Å². The van der Waals surface area contributed by atoms with E-state index in [2.05, 4.69) is 19.7 Å². The van der Waals surface area contributed by atoms with Gasteiger partial charge in [-0.05, 0) is 6.07 Å². The standard InChI is InChI=1S/C12H14F2N4O/c1-6(2)11-17-5-8(18-11)7-3-9(19-12(13)14)10(15)16-4-7/h3-6,12H,1-2H3,(H2,15,16)(H,17,18). The van der Waals surface area contributed by atoms with E-state index in [1.807, 2.05) is 13.8 Å². The van der Waals surface area contributed by atoms with E-state index in [1.165, 1.54) is 12.3 Å². The number of aromatic amines is 1. The highest BCUT2D eigenvalue weighted by Crippen LogP contribution is 2.27. The minimum absolute atomic E-state index is 0.0763. The molecule has 3 N–H and O–H groups in total. The molecule has 0 unspecified atom stereocenters. The Morgan fingerprint density at radius 1 is 1.26 bits per heavy atom. The first-order chi connectivity index (χ1) is 8.97. The molecule has 0 aliphatic heterocycles. The number of rotatable bonds is 4. The highest BCUT2D eigenvalue weighted by molar-refractivity contribution is 5.63. The van der Waals surface area contributed by atoms with Crippen molar-refractivity contribution in [2.24, 2.45) is 0 Å². The second kappa shape index (κ2) is 5.21. The van der Waals surface area contributed by atoms with Crippen molar-refractivity contribution in [1.29, 1.82) is 0 Å². The molecule has 0 atom stereocenters. The van der Waals surface area contributed by atoms with Crippen LogP contribution < -0.4 is 10.5 Å². The molecule has 7 heteroatoms. The summed E-state index contributed by atoms with van der Waals surface area (Å²) in [5, 5.41) is 0. The molecule has 5 nitrogen and oxygen atoms in total. The fraction of sp³-hybridized carbons (Fsp3) is 0.333. The summed E-state index contributed by atoms with van der Waals surface area (Å²) in [7, 11) is 0. The molecule has 19 heavy (non-hydrogen) atoms. The lowest BCUT2D eigenvalue weighted by Gasteiger charge is -2.08. The molecule has 2 heterocycles. The van der Waals surface area contributed by atoms with Crippen LogP contribution in [0.5, 0.6) is 5.75 Å². The van der Waals surface area contributed by atoms with Gasteiger partial charge >= 0.3 is 6.61 Å². The van der Waals surface area contributed by atoms with Crippen LogP contribution in [-0.4, -0.2) is 21.6 Å². The van der Waals surface area contributed by atoms with Gasteiger partial charge in [-0.2, -0.15) is 8.78 Å². The number of imidazole rings is 1. The quantitative estimate of drug-likeness (QED) is 0.893. The van der Waals surface area contributed by atoms with Crippen molar-refractivity contribution < 1.29 is 13.5 Å². The first-order valence-corrected chi connectivity index (χ1v) is 5.73. The third-order valence-electron chi connectivity index (χ3n) is 2.55. The van der Waals surface area contributed by atoms with Crippen LogP contribution in [0, 0.1) is 0 Å². The number of nitrogens with one attached hydrogen (secondary N) is 1. The molecule has 0 saturated heterocycles. The van der Waals surface area contributed by atoms with Crippen LogP contribution in [0.4, 0.5) is 14.6 Å². The van der Waals surface area contributed by atoms with Crippen molar-refractivity contribution in [2.75, 3.05) is 5.73 Å². The van der Waals surface area contributed by atoms with Crippen LogP contribution >= 0.6 is 0 Å². The number of halogens is 2. The molecule has 0 aliphatic carbocycles. The first-order valence-electron chi connectivity index (χ1n) is 5.73. The lowest BCUT2D eigenvalue weighted by atomic mass is 10.2. The lowest BCUT2D eigenvalue weighted by Crippen LogP contribution is -2.05. The average Bonchev–Trinajstić information content (AvgIpc) is 2.81. The van der Waals surface area contributed by atoms with Crippen LogP contribution in [0.1, 0.15) is 25.6 Å². The second-order valence-corrected chi connectivity index (χ2v) is 4.32. The third kappa shape index (κ3) is 2.98. The first kappa shape index (κ1) is 13.3. The van der Waals surface area contributed by atoms with Gasteiger partial charge in [0.25, 0.3) is 0 Å². The molecule has 102 valence electrons. The number of hydrogen-bond donors (Lipinski definition) is 2. The molecule has 0 fully saturated rings. The predicted molar refractivity (Wildman–Crippen MR) is 67.0 cm³/mol. The topological polar surface area (TPSA) is 76.8 Å². The van der Waals surface area contributed by atoms with Gasteiger partial charge in [-0.1, -0.05) is 13.8 Å². The van der Waals surface area contributed by atoms with E-state index in [9.17, 15) is 8.78 Å². The predicted octanol–water partition coefficient (Wildman–Crippen LogP) is 2.78. The van der Waals surface area contributed by atoms with E-state index < -0.39 is 6.61 Å². The molecule has 0 radical (unpaired) electrons. The second-order valence-electron chi connectivity index (χ2n) is 4.32. The number of nitrogens with zero attached hydrogens (tertiary/aromatic N) is 2. The molecule has 0 saturated carbocycles. The molecular formula is C12H14F2N4O. The number of aromatic nitrogens is 3. The van der Waals surface area contributed by atoms with Gasteiger partial charge in [0.2, 0.25) is 0 Å². The number of pyridine rings is 1. The summed E-state index contributed by atoms with van der Waals surface area (Å²) in [5.74, 6) is 0.830. The third-order valence-corrected chi connectivity index (χ3v) is 2.55. The van der Waals surface area contributed by atoms with E-state index in [1.54, 1.807) is 6.20 Å². The van der Waals surface area contributed by atoms with Crippen LogP contribution in [-0.2, 0) is 0 Å². The highest BCUT2D eigenvalue weighted by Gasteiger charge is 2.12. The van der Waals surface area contributed by atoms with E-state index in [4.69, 9.17) is 5.73 Å². The Bertz CT molecular complexity index is 569. The zero-order valence-corrected chi connectivity index (χ0v) is 10.5. The van der Waals surface area contributed by atoms with Gasteiger partial charge in [0.15, 0.2) is 11.6 Å². The molecule has 0 amide bonds. The van der Waals surface area contributed by atoms with Gasteiger partial charge < -0.3 is 15.5 Å². The highest BCUT2D eigenvalue weighted by atomic mass is 19.3. The van der Waals surface area contributed by atoms with Crippen LogP contribution in [0.25, 0.3) is 11.3 Å². The number of H-pyrrole nitrogens is 1. The normalized spacial score (nSPS) is 11.3. The van der Waals surface area contributed by atoms with Gasteiger partial charge in [-0.15, -0.1) is 0 Å². The largest absolute Gasteiger partial charge is 0.431 e. The zero-order chi connectivity index (χ0) is 14.0. The monoisotopic (exact) mass is 268 g/mol. The molecule has 0 bridgehead atoms. The van der Waals surface area contributed by atoms with Crippen molar-refractivity contribution in [3.63, 3.8) is 0 Å². The van der Waals surface area contributed by atoms with Crippen molar-refractivity contribution in [1.82, 2.24) is 15.0 Å². The summed E-state index contributed by atoms with van der Waals surface area (Å²) in [6.45, 7) is 1.05. The minimum Gasteiger partial charge on any atom is -0.431 e. The van der Waals surface area contributed by atoms with Crippen molar-refractivity contribution >= 4 is 5.82 Å². The van der Waals surface area contributed by atoms with E-state index in [0.717, 1.165) is 5.82 Å². The van der Waals surface area contributed by atoms with Crippen LogP contribution in [0.2, 0.25) is 0 Å². The maximum absolute atomic E-state index is 12.2. The SMILES string of the molecule is CC(C)c1ncc(-c2cnc(N)c(OC(F)F)c2)[nH]1. The maximum atomic E-state index is 12.2. The molecule has 2 aromatic heterocycles. The van der Waals surface area contributed by atoms with Gasteiger partial charge in [0, 0.05) is 17.7 Å². The number of hydrogen-bond acceptors (Lipinski definition) is 4. The number of nitrogens with two attached hydrogens (primary N) is 1. The zero-order valence-electron chi connectivity index (χ0n) is 10.5. The molecule has 0 aliphatic rings. The molecule has 2 aromatic rings. The number of nitrogen functional groups attached to an aromatic ring is 1. The number of alkyl halides is 2. The van der Waals surface area contributed by atoms with Gasteiger partial charge in [0.05, 0.1) is 11.9 Å². The summed E-state index contributed by atoms with van der Waals surface area (Å²) in [4.78, 5) is 11.1. The number of ether oxygens (including phenoxy) is 1. The summed E-state index contributed by atoms with van der Waals surface area (Å²) in [5.41, 5.74) is 6.74. The van der Waals surface area contributed by atoms with Gasteiger partial charge in [-0.3, -0.25) is 0 Å². The smallest absolute Gasteiger partial charge is 0.387 e. The van der Waals surface area contributed by atoms with E-state index >= 15 is 0 Å². The van der Waals surface area contributed by atoms with E-state index in [-0.39, 0.29) is 17.5 Å². The molecule has 0 aromatic carbocycles. The Morgan fingerprint density at radius 3 is 2.58 bits per heavy atom.